The van der Waals surface area contributed by atoms with Crippen LogP contribution in [-0.4, -0.2) is 32.3 Å². The summed E-state index contributed by atoms with van der Waals surface area (Å²) < 4.78 is 22.7. The second kappa shape index (κ2) is 7.78. The van der Waals surface area contributed by atoms with Gasteiger partial charge in [0.25, 0.3) is 5.91 Å². The average Bonchev–Trinajstić information content (AvgIpc) is 3.05. The summed E-state index contributed by atoms with van der Waals surface area (Å²) in [7, 11) is 0. The number of fused-ring (bicyclic) bond motifs is 2. The Balaban J connectivity index is 1.47. The molecule has 0 aromatic heterocycles. The van der Waals surface area contributed by atoms with Crippen LogP contribution in [0.15, 0.2) is 30.3 Å². The topological polar surface area (TPSA) is 66.0 Å². The van der Waals surface area contributed by atoms with Crippen molar-refractivity contribution < 1.29 is 23.7 Å². The van der Waals surface area contributed by atoms with Crippen molar-refractivity contribution in [3.05, 3.63) is 47.0 Å². The van der Waals surface area contributed by atoms with Gasteiger partial charge in [0.15, 0.2) is 23.0 Å². The van der Waals surface area contributed by atoms with Crippen LogP contribution in [0, 0.1) is 6.92 Å². The van der Waals surface area contributed by atoms with Gasteiger partial charge in [-0.15, -0.1) is 0 Å². The van der Waals surface area contributed by atoms with E-state index < -0.39 is 0 Å². The van der Waals surface area contributed by atoms with E-state index in [1.807, 2.05) is 31.2 Å². The van der Waals surface area contributed by atoms with E-state index in [0.29, 0.717) is 50.0 Å². The summed E-state index contributed by atoms with van der Waals surface area (Å²) in [5, 5.41) is 2.97. The molecule has 0 saturated carbocycles. The second-order valence-corrected chi connectivity index (χ2v) is 6.68. The van der Waals surface area contributed by atoms with Crippen molar-refractivity contribution in [3.63, 3.8) is 0 Å². The highest BCUT2D eigenvalue weighted by molar-refractivity contribution is 5.96. The lowest BCUT2D eigenvalue weighted by Crippen LogP contribution is -2.23. The van der Waals surface area contributed by atoms with Crippen LogP contribution in [0.25, 0.3) is 0 Å². The Morgan fingerprint density at radius 3 is 2.15 bits per heavy atom. The predicted molar refractivity (Wildman–Crippen MR) is 100 cm³/mol. The van der Waals surface area contributed by atoms with Crippen LogP contribution in [0.3, 0.4) is 0 Å². The minimum atomic E-state index is -0.143. The summed E-state index contributed by atoms with van der Waals surface area (Å²) in [5.41, 5.74) is 2.41. The van der Waals surface area contributed by atoms with Gasteiger partial charge >= 0.3 is 0 Å². The van der Waals surface area contributed by atoms with E-state index in [9.17, 15) is 4.79 Å². The number of carbonyl (C=O) groups is 1. The molecular formula is C21H23NO5. The van der Waals surface area contributed by atoms with Crippen LogP contribution < -0.4 is 24.3 Å². The van der Waals surface area contributed by atoms with E-state index in [0.717, 1.165) is 35.5 Å². The molecule has 2 aliphatic rings. The summed E-state index contributed by atoms with van der Waals surface area (Å²) in [4.78, 5) is 12.7. The molecule has 0 aliphatic carbocycles. The maximum absolute atomic E-state index is 12.7. The quantitative estimate of drug-likeness (QED) is 0.900. The van der Waals surface area contributed by atoms with Gasteiger partial charge in [-0.1, -0.05) is 6.07 Å². The Morgan fingerprint density at radius 1 is 0.852 bits per heavy atom. The molecule has 0 saturated heterocycles. The first-order valence-corrected chi connectivity index (χ1v) is 9.28. The summed E-state index contributed by atoms with van der Waals surface area (Å²) in [6.07, 6.45) is 1.70. The molecule has 6 heteroatoms. The first kappa shape index (κ1) is 17.5. The van der Waals surface area contributed by atoms with Crippen molar-refractivity contribution in [2.75, 3.05) is 26.4 Å². The van der Waals surface area contributed by atoms with Crippen molar-refractivity contribution in [2.45, 2.75) is 26.3 Å². The fraction of sp³-hybridized carbons (Fsp3) is 0.381. The number of rotatable bonds is 3. The molecule has 0 spiro atoms. The van der Waals surface area contributed by atoms with Crippen molar-refractivity contribution in [3.8, 4) is 23.0 Å². The lowest BCUT2D eigenvalue weighted by atomic mass is 10.1. The zero-order valence-electron chi connectivity index (χ0n) is 15.4. The minimum absolute atomic E-state index is 0.143. The summed E-state index contributed by atoms with van der Waals surface area (Å²) in [6, 6.07) is 9.37. The molecule has 4 rings (SSSR count). The molecule has 0 fully saturated rings. The van der Waals surface area contributed by atoms with E-state index in [2.05, 4.69) is 5.32 Å². The lowest BCUT2D eigenvalue weighted by Gasteiger charge is -2.13. The third-order valence-corrected chi connectivity index (χ3v) is 4.60. The molecule has 27 heavy (non-hydrogen) atoms. The van der Waals surface area contributed by atoms with E-state index in [4.69, 9.17) is 18.9 Å². The standard InChI is InChI=1S/C21H23NO5/c1-14-10-18-20(27-9-3-7-25-18)12-16(14)21(23)22-13-15-4-5-17-19(11-15)26-8-2-6-24-17/h4-5,10-12H,2-3,6-9,13H2,1H3,(H,22,23). The maximum Gasteiger partial charge on any atom is 0.251 e. The number of ether oxygens (including phenoxy) is 4. The summed E-state index contributed by atoms with van der Waals surface area (Å²) in [6.45, 7) is 4.82. The third-order valence-electron chi connectivity index (χ3n) is 4.60. The molecule has 2 aliphatic heterocycles. The molecule has 1 amide bonds. The Hall–Kier alpha value is -2.89. The largest absolute Gasteiger partial charge is 0.490 e. The Kier molecular flexibility index (Phi) is 5.05. The molecule has 0 radical (unpaired) electrons. The SMILES string of the molecule is Cc1cc2c(cc1C(=O)NCc1ccc3c(c1)OCCCO3)OCCCO2. The fourth-order valence-electron chi connectivity index (χ4n) is 3.15. The van der Waals surface area contributed by atoms with Gasteiger partial charge in [0, 0.05) is 24.9 Å². The summed E-state index contributed by atoms with van der Waals surface area (Å²) in [5.74, 6) is 2.66. The van der Waals surface area contributed by atoms with Crippen molar-refractivity contribution in [1.82, 2.24) is 5.32 Å². The zero-order chi connectivity index (χ0) is 18.6. The van der Waals surface area contributed by atoms with Crippen molar-refractivity contribution >= 4 is 5.91 Å². The highest BCUT2D eigenvalue weighted by atomic mass is 16.5. The third kappa shape index (κ3) is 3.94. The van der Waals surface area contributed by atoms with Gasteiger partial charge in [0.2, 0.25) is 0 Å². The number of hydrogen-bond donors (Lipinski definition) is 1. The highest BCUT2D eigenvalue weighted by Crippen LogP contribution is 2.33. The van der Waals surface area contributed by atoms with Crippen LogP contribution in [-0.2, 0) is 6.54 Å². The first-order chi connectivity index (χ1) is 13.2. The lowest BCUT2D eigenvalue weighted by molar-refractivity contribution is 0.0949. The van der Waals surface area contributed by atoms with Gasteiger partial charge < -0.3 is 24.3 Å². The monoisotopic (exact) mass is 369 g/mol. The Morgan fingerprint density at radius 2 is 1.44 bits per heavy atom. The van der Waals surface area contributed by atoms with Crippen LogP contribution in [0.4, 0.5) is 0 Å². The Bertz CT molecular complexity index is 849. The van der Waals surface area contributed by atoms with Crippen LogP contribution >= 0.6 is 0 Å². The van der Waals surface area contributed by atoms with E-state index in [-0.39, 0.29) is 5.91 Å². The van der Waals surface area contributed by atoms with Gasteiger partial charge in [-0.3, -0.25) is 4.79 Å². The minimum Gasteiger partial charge on any atom is -0.490 e. The van der Waals surface area contributed by atoms with Crippen LogP contribution in [0.1, 0.15) is 34.3 Å². The normalized spacial score (nSPS) is 15.4. The highest BCUT2D eigenvalue weighted by Gasteiger charge is 2.17. The van der Waals surface area contributed by atoms with E-state index >= 15 is 0 Å². The number of aryl methyl sites for hydroxylation is 1. The molecule has 0 bridgehead atoms. The molecule has 2 heterocycles. The number of nitrogens with one attached hydrogen (secondary N) is 1. The van der Waals surface area contributed by atoms with E-state index in [1.165, 1.54) is 0 Å². The number of carbonyl (C=O) groups excluding carboxylic acids is 1. The fourth-order valence-corrected chi connectivity index (χ4v) is 3.15. The van der Waals surface area contributed by atoms with Gasteiger partial charge in [-0.25, -0.2) is 0 Å². The van der Waals surface area contributed by atoms with E-state index in [1.54, 1.807) is 6.07 Å². The molecule has 2 aromatic rings. The van der Waals surface area contributed by atoms with Crippen LogP contribution in [0.5, 0.6) is 23.0 Å². The zero-order valence-corrected chi connectivity index (χ0v) is 15.4. The first-order valence-electron chi connectivity index (χ1n) is 9.28. The molecule has 0 unspecified atom stereocenters. The molecule has 142 valence electrons. The van der Waals surface area contributed by atoms with Gasteiger partial charge in [0.1, 0.15) is 0 Å². The Labute approximate surface area is 158 Å². The summed E-state index contributed by atoms with van der Waals surface area (Å²) >= 11 is 0. The molecule has 6 nitrogen and oxygen atoms in total. The van der Waals surface area contributed by atoms with Gasteiger partial charge in [-0.2, -0.15) is 0 Å². The number of benzene rings is 2. The molecular weight excluding hydrogens is 346 g/mol. The van der Waals surface area contributed by atoms with Crippen molar-refractivity contribution in [1.29, 1.82) is 0 Å². The predicted octanol–water partition coefficient (Wildman–Crippen LogP) is 3.25. The number of amides is 1. The van der Waals surface area contributed by atoms with Gasteiger partial charge in [0.05, 0.1) is 26.4 Å². The maximum atomic E-state index is 12.7. The molecule has 1 N–H and O–H groups in total. The van der Waals surface area contributed by atoms with Gasteiger partial charge in [-0.05, 0) is 42.3 Å². The second-order valence-electron chi connectivity index (χ2n) is 6.68. The number of hydrogen-bond acceptors (Lipinski definition) is 5. The molecule has 0 atom stereocenters. The average molecular weight is 369 g/mol. The van der Waals surface area contributed by atoms with Crippen molar-refractivity contribution in [2.24, 2.45) is 0 Å². The van der Waals surface area contributed by atoms with Crippen LogP contribution in [0.2, 0.25) is 0 Å². The molecule has 2 aromatic carbocycles. The smallest absolute Gasteiger partial charge is 0.251 e.